The van der Waals surface area contributed by atoms with Gasteiger partial charge in [0.05, 0.1) is 17.6 Å². The third kappa shape index (κ3) is 3.81. The summed E-state index contributed by atoms with van der Waals surface area (Å²) < 4.78 is 8.38. The number of fused-ring (bicyclic) bond motifs is 1. The van der Waals surface area contributed by atoms with Crippen molar-refractivity contribution in [3.63, 3.8) is 0 Å². The van der Waals surface area contributed by atoms with Crippen LogP contribution in [0.1, 0.15) is 20.3 Å². The van der Waals surface area contributed by atoms with Gasteiger partial charge in [0.1, 0.15) is 0 Å². The molecule has 2 rings (SSSR count). The smallest absolute Gasteiger partial charge is 0.178 e. The van der Waals surface area contributed by atoms with Gasteiger partial charge < -0.3 is 14.3 Å². The number of nitrogens with zero attached hydrogens (tertiary/aromatic N) is 1. The summed E-state index contributed by atoms with van der Waals surface area (Å²) in [5.74, 6) is 0.675. The zero-order valence-electron chi connectivity index (χ0n) is 11.3. The number of hydrogen-bond donors (Lipinski definition) is 1. The molecule has 1 aromatic heterocycles. The molecule has 0 radical (unpaired) electrons. The summed E-state index contributed by atoms with van der Waals surface area (Å²) in [5.41, 5.74) is 2.04. The molecule has 0 amide bonds. The van der Waals surface area contributed by atoms with Crippen molar-refractivity contribution in [2.75, 3.05) is 13.2 Å². The number of benzene rings is 1. The summed E-state index contributed by atoms with van der Waals surface area (Å²) >= 11 is 11.4. The zero-order valence-corrected chi connectivity index (χ0v) is 12.9. The molecule has 0 bridgehead atoms. The topological polar surface area (TPSA) is 29.9 Å². The van der Waals surface area contributed by atoms with E-state index in [9.17, 15) is 0 Å². The van der Waals surface area contributed by atoms with Gasteiger partial charge >= 0.3 is 0 Å². The summed E-state index contributed by atoms with van der Waals surface area (Å²) in [7, 11) is 0. The van der Waals surface area contributed by atoms with Gasteiger partial charge in [-0.15, -0.1) is 0 Å². The number of nitrogens with one attached hydrogen (secondary N) is 1. The second kappa shape index (κ2) is 6.55. The molecule has 0 atom stereocenters. The van der Waals surface area contributed by atoms with Crippen molar-refractivity contribution in [1.82, 2.24) is 9.55 Å². The van der Waals surface area contributed by atoms with Crippen molar-refractivity contribution < 1.29 is 4.74 Å². The lowest BCUT2D eigenvalue weighted by Gasteiger charge is -2.08. The first kappa shape index (κ1) is 14.6. The molecule has 2 aromatic rings. The molecule has 0 aliphatic rings. The Balaban J connectivity index is 2.02. The van der Waals surface area contributed by atoms with Crippen molar-refractivity contribution >= 4 is 34.9 Å². The van der Waals surface area contributed by atoms with Gasteiger partial charge in [-0.05, 0) is 42.8 Å². The van der Waals surface area contributed by atoms with Crippen LogP contribution in [0.5, 0.6) is 0 Å². The Labute approximate surface area is 123 Å². The van der Waals surface area contributed by atoms with E-state index in [2.05, 4.69) is 18.8 Å². The van der Waals surface area contributed by atoms with Gasteiger partial charge in [0.15, 0.2) is 4.77 Å². The van der Waals surface area contributed by atoms with E-state index in [1.54, 1.807) is 0 Å². The van der Waals surface area contributed by atoms with E-state index >= 15 is 0 Å². The van der Waals surface area contributed by atoms with Gasteiger partial charge in [0.2, 0.25) is 0 Å². The SMILES string of the molecule is CC(C)CCOCCn1c(=S)[nH]c2ccc(Cl)cc21. The van der Waals surface area contributed by atoms with Crippen molar-refractivity contribution in [1.29, 1.82) is 0 Å². The number of H-pyrrole nitrogens is 1. The fraction of sp³-hybridized carbons (Fsp3) is 0.500. The van der Waals surface area contributed by atoms with Gasteiger partial charge in [-0.1, -0.05) is 25.4 Å². The predicted molar refractivity (Wildman–Crippen MR) is 82.4 cm³/mol. The Morgan fingerprint density at radius 3 is 2.89 bits per heavy atom. The molecular weight excluding hydrogens is 280 g/mol. The Morgan fingerprint density at radius 2 is 2.16 bits per heavy atom. The highest BCUT2D eigenvalue weighted by Crippen LogP contribution is 2.19. The van der Waals surface area contributed by atoms with E-state index in [4.69, 9.17) is 28.6 Å². The van der Waals surface area contributed by atoms with E-state index in [-0.39, 0.29) is 0 Å². The maximum Gasteiger partial charge on any atom is 0.178 e. The van der Waals surface area contributed by atoms with Crippen LogP contribution in [0, 0.1) is 10.7 Å². The average molecular weight is 299 g/mol. The van der Waals surface area contributed by atoms with Crippen LogP contribution in [0.3, 0.4) is 0 Å². The zero-order chi connectivity index (χ0) is 13.8. The Bertz CT molecular complexity index is 603. The fourth-order valence-electron chi connectivity index (χ4n) is 1.92. The minimum atomic E-state index is 0.667. The number of rotatable bonds is 6. The molecule has 0 aliphatic heterocycles. The number of ether oxygens (including phenoxy) is 1. The van der Waals surface area contributed by atoms with Gasteiger partial charge in [-0.25, -0.2) is 0 Å². The molecule has 19 heavy (non-hydrogen) atoms. The quantitative estimate of drug-likeness (QED) is 0.632. The summed E-state index contributed by atoms with van der Waals surface area (Å²) in [6.45, 7) is 6.61. The molecule has 1 aromatic carbocycles. The largest absolute Gasteiger partial charge is 0.380 e. The summed E-state index contributed by atoms with van der Waals surface area (Å²) in [6.07, 6.45) is 1.09. The van der Waals surface area contributed by atoms with Crippen molar-refractivity contribution in [2.24, 2.45) is 5.92 Å². The monoisotopic (exact) mass is 298 g/mol. The van der Waals surface area contributed by atoms with Crippen LogP contribution in [-0.4, -0.2) is 22.8 Å². The van der Waals surface area contributed by atoms with Crippen molar-refractivity contribution in [2.45, 2.75) is 26.8 Å². The normalized spacial score (nSPS) is 11.6. The lowest BCUT2D eigenvalue weighted by atomic mass is 10.1. The van der Waals surface area contributed by atoms with E-state index in [1.165, 1.54) is 0 Å². The van der Waals surface area contributed by atoms with Crippen LogP contribution in [0.25, 0.3) is 11.0 Å². The maximum absolute atomic E-state index is 6.03. The number of imidazole rings is 1. The van der Waals surface area contributed by atoms with E-state index in [0.717, 1.165) is 35.6 Å². The van der Waals surface area contributed by atoms with Gasteiger partial charge in [0.25, 0.3) is 0 Å². The number of hydrogen-bond acceptors (Lipinski definition) is 2. The Hall–Kier alpha value is -0.840. The molecule has 104 valence electrons. The van der Waals surface area contributed by atoms with Crippen LogP contribution >= 0.6 is 23.8 Å². The van der Waals surface area contributed by atoms with Crippen molar-refractivity contribution in [3.8, 4) is 0 Å². The third-order valence-electron chi connectivity index (χ3n) is 3.04. The lowest BCUT2D eigenvalue weighted by Crippen LogP contribution is -2.08. The first-order valence-electron chi connectivity index (χ1n) is 6.53. The first-order chi connectivity index (χ1) is 9.08. The van der Waals surface area contributed by atoms with Crippen LogP contribution in [0.15, 0.2) is 18.2 Å². The van der Waals surface area contributed by atoms with Crippen LogP contribution < -0.4 is 0 Å². The molecule has 0 saturated heterocycles. The molecule has 0 unspecified atom stereocenters. The highest BCUT2D eigenvalue weighted by atomic mass is 35.5. The summed E-state index contributed by atoms with van der Waals surface area (Å²) in [6, 6.07) is 5.74. The second-order valence-electron chi connectivity index (χ2n) is 5.04. The molecule has 1 N–H and O–H groups in total. The fourth-order valence-corrected chi connectivity index (χ4v) is 2.39. The molecule has 0 aliphatic carbocycles. The summed E-state index contributed by atoms with van der Waals surface area (Å²) in [4.78, 5) is 3.18. The Morgan fingerprint density at radius 1 is 1.37 bits per heavy atom. The minimum Gasteiger partial charge on any atom is -0.380 e. The van der Waals surface area contributed by atoms with Crippen LogP contribution in [0.2, 0.25) is 5.02 Å². The van der Waals surface area contributed by atoms with Gasteiger partial charge in [-0.3, -0.25) is 0 Å². The first-order valence-corrected chi connectivity index (χ1v) is 7.32. The molecule has 0 saturated carbocycles. The van der Waals surface area contributed by atoms with Crippen LogP contribution in [0.4, 0.5) is 0 Å². The molecular formula is C14H19ClN2OS. The molecule has 1 heterocycles. The predicted octanol–water partition coefficient (Wildman–Crippen LogP) is 4.41. The number of aromatic nitrogens is 2. The van der Waals surface area contributed by atoms with Gasteiger partial charge in [0, 0.05) is 18.2 Å². The molecule has 5 heteroatoms. The van der Waals surface area contributed by atoms with Gasteiger partial charge in [-0.2, -0.15) is 0 Å². The number of aromatic amines is 1. The van der Waals surface area contributed by atoms with E-state index in [0.29, 0.717) is 17.3 Å². The third-order valence-corrected chi connectivity index (χ3v) is 3.59. The molecule has 0 fully saturated rings. The van der Waals surface area contributed by atoms with E-state index < -0.39 is 0 Å². The van der Waals surface area contributed by atoms with E-state index in [1.807, 2.05) is 22.8 Å². The summed E-state index contributed by atoms with van der Waals surface area (Å²) in [5, 5.41) is 0.718. The highest BCUT2D eigenvalue weighted by molar-refractivity contribution is 7.71. The minimum absolute atomic E-state index is 0.667. The van der Waals surface area contributed by atoms with Crippen molar-refractivity contribution in [3.05, 3.63) is 28.0 Å². The molecule has 3 nitrogen and oxygen atoms in total. The standard InChI is InChI=1S/C14H19ClN2OS/c1-10(2)5-7-18-8-6-17-13-9-11(15)3-4-12(13)16-14(17)19/h3-4,9-10H,5-8H2,1-2H3,(H,16,19). The second-order valence-corrected chi connectivity index (χ2v) is 5.86. The average Bonchev–Trinajstić information content (AvgIpc) is 2.65. The lowest BCUT2D eigenvalue weighted by molar-refractivity contribution is 0.116. The maximum atomic E-state index is 6.03. The van der Waals surface area contributed by atoms with Crippen LogP contribution in [-0.2, 0) is 11.3 Å². The highest BCUT2D eigenvalue weighted by Gasteiger charge is 2.05. The Kier molecular flexibility index (Phi) is 5.02. The molecule has 0 spiro atoms. The number of halogens is 1.